The SMILES string of the molecule is COc1c(Cl)cc(/C(O)=C2\C(=O)C(=O)N(C3CCCC3)C2c2cn(C)c3ccccc23)c(OC)c1Cl. The second-order valence-electron chi connectivity index (χ2n) is 9.14. The van der Waals surface area contributed by atoms with Crippen LogP contribution in [-0.4, -0.2) is 46.5 Å². The minimum atomic E-state index is -0.774. The Kier molecular flexibility index (Phi) is 6.39. The fourth-order valence-corrected chi connectivity index (χ4v) is 6.28. The number of aliphatic hydroxyl groups is 1. The number of aryl methyl sites for hydroxylation is 1. The molecule has 3 aromatic rings. The van der Waals surface area contributed by atoms with Crippen LogP contribution in [0.5, 0.6) is 11.5 Å². The number of amides is 1. The van der Waals surface area contributed by atoms with Crippen molar-refractivity contribution in [1.82, 2.24) is 9.47 Å². The van der Waals surface area contributed by atoms with Crippen molar-refractivity contribution in [2.75, 3.05) is 14.2 Å². The van der Waals surface area contributed by atoms with Gasteiger partial charge in [-0.25, -0.2) is 0 Å². The Hall–Kier alpha value is -3.16. The Bertz CT molecular complexity index is 1420. The minimum Gasteiger partial charge on any atom is -0.507 e. The number of Topliss-reactive ketones (excluding diaryl/α,β-unsaturated/α-hetero) is 1. The van der Waals surface area contributed by atoms with E-state index in [0.29, 0.717) is 0 Å². The first kappa shape index (κ1) is 24.5. The molecule has 2 heterocycles. The van der Waals surface area contributed by atoms with Crippen molar-refractivity contribution < 1.29 is 24.2 Å². The molecule has 1 saturated carbocycles. The van der Waals surface area contributed by atoms with Crippen LogP contribution < -0.4 is 9.47 Å². The van der Waals surface area contributed by atoms with Gasteiger partial charge in [0.2, 0.25) is 0 Å². The summed E-state index contributed by atoms with van der Waals surface area (Å²) in [6.45, 7) is 0. The van der Waals surface area contributed by atoms with E-state index in [2.05, 4.69) is 0 Å². The molecule has 1 amide bonds. The molecule has 2 fully saturated rings. The van der Waals surface area contributed by atoms with E-state index in [1.165, 1.54) is 20.3 Å². The zero-order chi connectivity index (χ0) is 25.7. The number of aromatic nitrogens is 1. The minimum absolute atomic E-state index is 0.0150. The quantitative estimate of drug-likeness (QED) is 0.254. The third-order valence-electron chi connectivity index (χ3n) is 7.22. The van der Waals surface area contributed by atoms with Gasteiger partial charge < -0.3 is 24.0 Å². The Labute approximate surface area is 218 Å². The summed E-state index contributed by atoms with van der Waals surface area (Å²) in [6, 6.07) is 8.35. The highest BCUT2D eigenvalue weighted by Crippen LogP contribution is 2.49. The molecule has 1 N–H and O–H groups in total. The number of benzene rings is 2. The van der Waals surface area contributed by atoms with Crippen LogP contribution in [-0.2, 0) is 16.6 Å². The number of para-hydroxylation sites is 1. The van der Waals surface area contributed by atoms with Gasteiger partial charge in [0.15, 0.2) is 11.5 Å². The lowest BCUT2D eigenvalue weighted by Crippen LogP contribution is -2.37. The Morgan fingerprint density at radius 2 is 1.72 bits per heavy atom. The van der Waals surface area contributed by atoms with Gasteiger partial charge in [0, 0.05) is 35.8 Å². The van der Waals surface area contributed by atoms with Gasteiger partial charge in [-0.05, 0) is 25.0 Å². The molecule has 188 valence electrons. The Balaban J connectivity index is 1.80. The normalized spacial score (nSPS) is 20.0. The monoisotopic (exact) mass is 528 g/mol. The molecule has 0 bridgehead atoms. The summed E-state index contributed by atoms with van der Waals surface area (Å²) in [5.41, 5.74) is 1.82. The summed E-state index contributed by atoms with van der Waals surface area (Å²) in [7, 11) is 4.73. The van der Waals surface area contributed by atoms with E-state index in [1.54, 1.807) is 4.90 Å². The van der Waals surface area contributed by atoms with Crippen molar-refractivity contribution in [2.24, 2.45) is 7.05 Å². The van der Waals surface area contributed by atoms with Crippen molar-refractivity contribution in [3.63, 3.8) is 0 Å². The van der Waals surface area contributed by atoms with E-state index < -0.39 is 23.5 Å². The smallest absolute Gasteiger partial charge is 0.295 e. The molecule has 1 saturated heterocycles. The number of fused-ring (bicyclic) bond motifs is 1. The van der Waals surface area contributed by atoms with Crippen molar-refractivity contribution in [1.29, 1.82) is 0 Å². The van der Waals surface area contributed by atoms with Crippen LogP contribution in [0.4, 0.5) is 0 Å². The largest absolute Gasteiger partial charge is 0.507 e. The number of aliphatic hydroxyl groups excluding tert-OH is 1. The number of carbonyl (C=O) groups excluding carboxylic acids is 2. The maximum atomic E-state index is 13.6. The van der Waals surface area contributed by atoms with Gasteiger partial charge in [0.05, 0.1) is 36.4 Å². The highest BCUT2D eigenvalue weighted by atomic mass is 35.5. The van der Waals surface area contributed by atoms with Gasteiger partial charge in [0.1, 0.15) is 10.8 Å². The van der Waals surface area contributed by atoms with E-state index in [1.807, 2.05) is 42.1 Å². The summed E-state index contributed by atoms with van der Waals surface area (Å²) in [5, 5.41) is 12.7. The molecule has 1 aromatic heterocycles. The van der Waals surface area contributed by atoms with Crippen LogP contribution in [0.25, 0.3) is 16.7 Å². The molecule has 1 aliphatic heterocycles. The number of ether oxygens (including phenoxy) is 2. The fraction of sp³-hybridized carbons (Fsp3) is 0.333. The number of likely N-dealkylation sites (tertiary alicyclic amines) is 1. The first-order valence-corrected chi connectivity index (χ1v) is 12.5. The average Bonchev–Trinajstić information content (AvgIpc) is 3.57. The van der Waals surface area contributed by atoms with Gasteiger partial charge in [-0.2, -0.15) is 0 Å². The lowest BCUT2D eigenvalue weighted by atomic mass is 9.94. The predicted molar refractivity (Wildman–Crippen MR) is 139 cm³/mol. The van der Waals surface area contributed by atoms with Crippen molar-refractivity contribution in [3.8, 4) is 11.5 Å². The Morgan fingerprint density at radius 3 is 2.39 bits per heavy atom. The van der Waals surface area contributed by atoms with Gasteiger partial charge in [-0.3, -0.25) is 9.59 Å². The number of nitrogens with zero attached hydrogens (tertiary/aromatic N) is 2. The first-order valence-electron chi connectivity index (χ1n) is 11.7. The molecular weight excluding hydrogens is 503 g/mol. The van der Waals surface area contributed by atoms with Crippen LogP contribution in [0.1, 0.15) is 42.9 Å². The second kappa shape index (κ2) is 9.37. The predicted octanol–water partition coefficient (Wildman–Crippen LogP) is 5.87. The number of halogens is 2. The molecule has 0 radical (unpaired) electrons. The molecule has 0 spiro atoms. The number of hydrogen-bond acceptors (Lipinski definition) is 5. The first-order chi connectivity index (χ1) is 17.3. The van der Waals surface area contributed by atoms with Crippen LogP contribution in [0.3, 0.4) is 0 Å². The summed E-state index contributed by atoms with van der Waals surface area (Å²) in [4.78, 5) is 28.7. The van der Waals surface area contributed by atoms with Gasteiger partial charge in [0.25, 0.3) is 11.7 Å². The molecule has 2 aliphatic rings. The highest BCUT2D eigenvalue weighted by molar-refractivity contribution is 6.47. The third kappa shape index (κ3) is 3.64. The Morgan fingerprint density at radius 1 is 1.06 bits per heavy atom. The third-order valence-corrected chi connectivity index (χ3v) is 7.84. The molecule has 5 rings (SSSR count). The molecular formula is C27H26Cl2N2O5. The molecule has 1 atom stereocenters. The topological polar surface area (TPSA) is 81.0 Å². The van der Waals surface area contributed by atoms with Crippen LogP contribution in [0, 0.1) is 0 Å². The lowest BCUT2D eigenvalue weighted by Gasteiger charge is -2.30. The van der Waals surface area contributed by atoms with E-state index in [0.717, 1.165) is 42.1 Å². The van der Waals surface area contributed by atoms with E-state index in [4.69, 9.17) is 32.7 Å². The maximum Gasteiger partial charge on any atom is 0.295 e. The van der Waals surface area contributed by atoms with Gasteiger partial charge in [-0.15, -0.1) is 0 Å². The summed E-state index contributed by atoms with van der Waals surface area (Å²) in [5.74, 6) is -1.48. The number of hydrogen-bond donors (Lipinski definition) is 1. The van der Waals surface area contributed by atoms with E-state index in [-0.39, 0.29) is 38.7 Å². The molecule has 7 nitrogen and oxygen atoms in total. The molecule has 36 heavy (non-hydrogen) atoms. The lowest BCUT2D eigenvalue weighted by molar-refractivity contribution is -0.141. The number of ketones is 1. The standard InChI is InChI=1S/C27H26Cl2N2O5/c1-30-13-17(15-10-6-7-11-19(15)30)22-20(24(33)27(34)31(22)14-8-4-5-9-14)23(32)16-12-18(28)26(36-3)21(29)25(16)35-2/h6-7,10-14,22,32H,4-5,8-9H2,1-3H3/b23-20+. The highest BCUT2D eigenvalue weighted by Gasteiger charge is 2.50. The van der Waals surface area contributed by atoms with E-state index in [9.17, 15) is 14.7 Å². The zero-order valence-corrected chi connectivity index (χ0v) is 21.7. The van der Waals surface area contributed by atoms with Crippen LogP contribution in [0.2, 0.25) is 10.0 Å². The number of rotatable bonds is 5. The average molecular weight is 529 g/mol. The van der Waals surface area contributed by atoms with Crippen LogP contribution in [0.15, 0.2) is 42.1 Å². The zero-order valence-electron chi connectivity index (χ0n) is 20.2. The molecule has 1 unspecified atom stereocenters. The fourth-order valence-electron chi connectivity index (χ4n) is 5.60. The summed E-state index contributed by atoms with van der Waals surface area (Å²) >= 11 is 12.9. The molecule has 1 aliphatic carbocycles. The van der Waals surface area contributed by atoms with Crippen molar-refractivity contribution in [2.45, 2.75) is 37.8 Å². The van der Waals surface area contributed by atoms with Crippen LogP contribution >= 0.6 is 23.2 Å². The maximum absolute atomic E-state index is 13.6. The number of carbonyl (C=O) groups is 2. The summed E-state index contributed by atoms with van der Waals surface area (Å²) < 4.78 is 12.7. The molecule has 2 aromatic carbocycles. The van der Waals surface area contributed by atoms with E-state index >= 15 is 0 Å². The molecule has 9 heteroatoms. The number of methoxy groups -OCH3 is 2. The van der Waals surface area contributed by atoms with Gasteiger partial charge >= 0.3 is 0 Å². The summed E-state index contributed by atoms with van der Waals surface area (Å²) in [6.07, 6.45) is 5.48. The van der Waals surface area contributed by atoms with Gasteiger partial charge in [-0.1, -0.05) is 54.2 Å². The van der Waals surface area contributed by atoms with Crippen molar-refractivity contribution >= 4 is 51.6 Å². The van der Waals surface area contributed by atoms with Crippen molar-refractivity contribution in [3.05, 3.63) is 63.3 Å². The second-order valence-corrected chi connectivity index (χ2v) is 9.93.